The van der Waals surface area contributed by atoms with Crippen LogP contribution in [0.2, 0.25) is 0 Å². The summed E-state index contributed by atoms with van der Waals surface area (Å²) in [4.78, 5) is 41.3. The van der Waals surface area contributed by atoms with E-state index in [1.807, 2.05) is 81.4 Å². The number of carbonyl (C=O) groups is 3. The van der Waals surface area contributed by atoms with Gasteiger partial charge in [0.1, 0.15) is 0 Å². The number of unbranched alkanes of at least 4 members (excludes halogenated alkanes) is 1. The first kappa shape index (κ1) is 40.4. The first-order valence-electron chi connectivity index (χ1n) is 20.1. The van der Waals surface area contributed by atoms with Gasteiger partial charge in [0.15, 0.2) is 6.29 Å². The van der Waals surface area contributed by atoms with Crippen molar-refractivity contribution in [2.45, 2.75) is 134 Å². The van der Waals surface area contributed by atoms with Gasteiger partial charge in [-0.3, -0.25) is 19.3 Å². The van der Waals surface area contributed by atoms with Crippen LogP contribution in [0.4, 0.5) is 17.1 Å². The van der Waals surface area contributed by atoms with Gasteiger partial charge < -0.3 is 36.3 Å². The van der Waals surface area contributed by atoms with Crippen LogP contribution in [0, 0.1) is 5.92 Å². The molecule has 0 bridgehead atoms. The van der Waals surface area contributed by atoms with E-state index in [0.717, 1.165) is 36.0 Å². The number of nitrogens with zero attached hydrogens (tertiary/aromatic N) is 1. The highest BCUT2D eigenvalue weighted by atomic mass is 16.7. The molecule has 11 nitrogen and oxygen atoms in total. The molecule has 55 heavy (non-hydrogen) atoms. The Kier molecular flexibility index (Phi) is 13.6. The second kappa shape index (κ2) is 18.6. The average Bonchev–Trinajstić information content (AvgIpc) is 3.17. The zero-order valence-corrected chi connectivity index (χ0v) is 32.6. The number of hydrogen-bond donors (Lipinski definition) is 5. The molecular formula is C44H59N5O6. The summed E-state index contributed by atoms with van der Waals surface area (Å²) in [6.45, 7) is 6.70. The maximum atomic E-state index is 13.8. The van der Waals surface area contributed by atoms with Gasteiger partial charge in [0.2, 0.25) is 17.7 Å². The topological polar surface area (TPSA) is 155 Å². The zero-order chi connectivity index (χ0) is 39.0. The largest absolute Gasteiger partial charge is 0.397 e. The number of nitrogens with one attached hydrogen (secondary N) is 3. The van der Waals surface area contributed by atoms with Crippen molar-refractivity contribution >= 4 is 34.8 Å². The molecule has 1 saturated carbocycles. The minimum atomic E-state index is -0.655. The normalized spacial score (nSPS) is 24.4. The second-order valence-electron chi connectivity index (χ2n) is 16.5. The maximum Gasteiger partial charge on any atom is 0.237 e. The smallest absolute Gasteiger partial charge is 0.237 e. The summed E-state index contributed by atoms with van der Waals surface area (Å²) in [7, 11) is 0. The summed E-state index contributed by atoms with van der Waals surface area (Å²) in [5.41, 5.74) is 10.1. The van der Waals surface area contributed by atoms with Crippen molar-refractivity contribution in [3.8, 4) is 0 Å². The molecule has 2 saturated heterocycles. The zero-order valence-electron chi connectivity index (χ0n) is 32.6. The van der Waals surface area contributed by atoms with Gasteiger partial charge in [0, 0.05) is 48.6 Å². The standard InChI is InChI=1S/C44H59N5O6/c1-44(2,3)48-42(53)38-25-22-30-10-4-7-13-37(30)49(38)27-34-26-39(31-18-16-29(28-50)17-19-31)55-43(54-34)32-20-23-33(24-21-32)46-40(51)14-8-9-15-41(52)47-36-12-6-5-11-35(36)45/h5-6,11-12,16-21,23-24,30,34,37-39,43,50H,4,7-10,13-15,22,25-28,45H2,1-3H3,(H,46,51)(H,47,52)(H,48,53)/t30-,34-,37-,38-,39+,43+/m1/s1. The number of aliphatic hydroxyl groups is 1. The average molecular weight is 754 g/mol. The Labute approximate surface area is 325 Å². The number of para-hydroxylation sites is 2. The molecule has 3 aliphatic rings. The third kappa shape index (κ3) is 11.2. The van der Waals surface area contributed by atoms with Crippen molar-refractivity contribution in [2.24, 2.45) is 5.92 Å². The Balaban J connectivity index is 1.10. The fourth-order valence-electron chi connectivity index (χ4n) is 8.34. The summed E-state index contributed by atoms with van der Waals surface area (Å²) in [6, 6.07) is 22.7. The van der Waals surface area contributed by atoms with Crippen LogP contribution in [-0.4, -0.2) is 58.0 Å². The van der Waals surface area contributed by atoms with Crippen LogP contribution in [-0.2, 0) is 30.5 Å². The molecule has 3 fully saturated rings. The molecule has 6 atom stereocenters. The summed E-state index contributed by atoms with van der Waals surface area (Å²) in [5, 5.41) is 18.7. The Bertz CT molecular complexity index is 1740. The number of hydrogen-bond acceptors (Lipinski definition) is 8. The molecule has 3 amide bonds. The monoisotopic (exact) mass is 753 g/mol. The molecule has 6 rings (SSSR count). The number of rotatable bonds is 13. The minimum Gasteiger partial charge on any atom is -0.397 e. The molecule has 3 aromatic rings. The number of aliphatic hydroxyl groups excluding tert-OH is 1. The number of benzene rings is 3. The molecule has 2 aliphatic heterocycles. The minimum absolute atomic E-state index is 0.0274. The first-order valence-corrected chi connectivity index (χ1v) is 20.1. The van der Waals surface area contributed by atoms with Crippen molar-refractivity contribution in [3.63, 3.8) is 0 Å². The van der Waals surface area contributed by atoms with E-state index in [1.165, 1.54) is 19.3 Å². The Hall–Kier alpha value is -4.29. The van der Waals surface area contributed by atoms with E-state index < -0.39 is 6.29 Å². The van der Waals surface area contributed by atoms with Gasteiger partial charge in [-0.25, -0.2) is 0 Å². The predicted octanol–water partition coefficient (Wildman–Crippen LogP) is 7.38. The predicted molar refractivity (Wildman–Crippen MR) is 215 cm³/mol. The highest BCUT2D eigenvalue weighted by Crippen LogP contribution is 2.42. The van der Waals surface area contributed by atoms with E-state index in [1.54, 1.807) is 12.1 Å². The molecule has 11 heteroatoms. The van der Waals surface area contributed by atoms with Crippen LogP contribution in [0.5, 0.6) is 0 Å². The lowest BCUT2D eigenvalue weighted by atomic mass is 9.75. The summed E-state index contributed by atoms with van der Waals surface area (Å²) >= 11 is 0. The molecule has 296 valence electrons. The van der Waals surface area contributed by atoms with Crippen LogP contribution in [0.15, 0.2) is 72.8 Å². The molecule has 0 spiro atoms. The number of likely N-dealkylation sites (tertiary alicyclic amines) is 1. The molecule has 3 aromatic carbocycles. The van der Waals surface area contributed by atoms with E-state index >= 15 is 0 Å². The lowest BCUT2D eigenvalue weighted by Gasteiger charge is -2.50. The fourth-order valence-corrected chi connectivity index (χ4v) is 8.34. The molecular weight excluding hydrogens is 695 g/mol. The van der Waals surface area contributed by atoms with Crippen molar-refractivity contribution in [2.75, 3.05) is 22.9 Å². The van der Waals surface area contributed by atoms with E-state index in [4.69, 9.17) is 15.2 Å². The lowest BCUT2D eigenvalue weighted by Crippen LogP contribution is -2.61. The van der Waals surface area contributed by atoms with Gasteiger partial charge in [0.05, 0.1) is 36.2 Å². The third-order valence-electron chi connectivity index (χ3n) is 11.1. The van der Waals surface area contributed by atoms with Crippen molar-refractivity contribution < 1.29 is 29.0 Å². The maximum absolute atomic E-state index is 13.8. The van der Waals surface area contributed by atoms with Gasteiger partial charge in [-0.2, -0.15) is 0 Å². The highest BCUT2D eigenvalue weighted by molar-refractivity contribution is 5.94. The highest BCUT2D eigenvalue weighted by Gasteiger charge is 2.44. The molecule has 6 N–H and O–H groups in total. The third-order valence-corrected chi connectivity index (χ3v) is 11.1. The van der Waals surface area contributed by atoms with E-state index in [2.05, 4.69) is 20.9 Å². The SMILES string of the molecule is CC(C)(C)NC(=O)[C@H]1CC[C@H]2CCCC[C@H]2N1C[C@H]1C[C@@H](c2ccc(CO)cc2)O[C@@H](c2ccc(NC(=O)CCCCC(=O)Nc3ccccc3N)cc2)O1. The van der Waals surface area contributed by atoms with Crippen LogP contribution in [0.25, 0.3) is 0 Å². The van der Waals surface area contributed by atoms with Gasteiger partial charge >= 0.3 is 0 Å². The fraction of sp³-hybridized carbons (Fsp3) is 0.523. The number of nitrogen functional groups attached to an aromatic ring is 1. The van der Waals surface area contributed by atoms with E-state index in [0.29, 0.717) is 67.7 Å². The van der Waals surface area contributed by atoms with Crippen molar-refractivity contribution in [1.82, 2.24) is 10.2 Å². The van der Waals surface area contributed by atoms with Crippen LogP contribution in [0.1, 0.15) is 120 Å². The molecule has 0 radical (unpaired) electrons. The first-order chi connectivity index (χ1) is 26.5. The van der Waals surface area contributed by atoms with E-state index in [-0.39, 0.29) is 48.1 Å². The quantitative estimate of drug-likeness (QED) is 0.0895. The van der Waals surface area contributed by atoms with E-state index in [9.17, 15) is 19.5 Å². The van der Waals surface area contributed by atoms with Gasteiger partial charge in [-0.15, -0.1) is 0 Å². The van der Waals surface area contributed by atoms with Gasteiger partial charge in [-0.1, -0.05) is 61.4 Å². The summed E-state index contributed by atoms with van der Waals surface area (Å²) in [6.07, 6.45) is 7.91. The molecule has 0 unspecified atom stereocenters. The Morgan fingerprint density at radius 2 is 1.49 bits per heavy atom. The van der Waals surface area contributed by atoms with Crippen molar-refractivity contribution in [1.29, 1.82) is 0 Å². The number of nitrogens with two attached hydrogens (primary N) is 1. The summed E-state index contributed by atoms with van der Waals surface area (Å²) in [5.74, 6) is 0.428. The van der Waals surface area contributed by atoms with Gasteiger partial charge in [0.25, 0.3) is 0 Å². The molecule has 2 heterocycles. The summed E-state index contributed by atoms with van der Waals surface area (Å²) < 4.78 is 13.4. The second-order valence-corrected chi connectivity index (χ2v) is 16.5. The van der Waals surface area contributed by atoms with Crippen LogP contribution >= 0.6 is 0 Å². The van der Waals surface area contributed by atoms with Crippen LogP contribution in [0.3, 0.4) is 0 Å². The van der Waals surface area contributed by atoms with Crippen LogP contribution < -0.4 is 21.7 Å². The number of fused-ring (bicyclic) bond motifs is 1. The molecule has 0 aromatic heterocycles. The Morgan fingerprint density at radius 1 is 0.818 bits per heavy atom. The number of ether oxygens (including phenoxy) is 2. The number of carbonyl (C=O) groups excluding carboxylic acids is 3. The van der Waals surface area contributed by atoms with Gasteiger partial charge in [-0.05, 0) is 101 Å². The molecule has 1 aliphatic carbocycles. The number of piperidine rings is 1. The number of anilines is 3. The lowest BCUT2D eigenvalue weighted by molar-refractivity contribution is -0.255. The Morgan fingerprint density at radius 3 is 2.18 bits per heavy atom. The number of amides is 3. The van der Waals surface area contributed by atoms with Crippen molar-refractivity contribution in [3.05, 3.63) is 89.5 Å².